The number of hydrogen-bond acceptors (Lipinski definition) is 9. The number of aryl methyl sites for hydroxylation is 2. The van der Waals surface area contributed by atoms with E-state index in [1.54, 1.807) is 48.8 Å². The molecule has 0 unspecified atom stereocenters. The average Bonchev–Trinajstić information content (AvgIpc) is 3.59. The Labute approximate surface area is 403 Å². The van der Waals surface area contributed by atoms with Crippen LogP contribution in [0.4, 0.5) is 25.8 Å². The number of likely N-dealkylation sites (tertiary alicyclic amines) is 2. The van der Waals surface area contributed by atoms with Gasteiger partial charge in [-0.15, -0.1) is 0 Å². The molecule has 5 N–H and O–H groups in total. The zero-order chi connectivity index (χ0) is 48.9. The Bertz CT molecular complexity index is 2440. The summed E-state index contributed by atoms with van der Waals surface area (Å²) in [6.45, 7) is 15.9. The number of nitrogens with two attached hydrogens (primary N) is 1. The number of halogens is 2. The molecule has 1 aliphatic carbocycles. The second kappa shape index (κ2) is 20.6. The highest BCUT2D eigenvalue weighted by molar-refractivity contribution is 6.35. The van der Waals surface area contributed by atoms with Crippen LogP contribution in [0.15, 0.2) is 84.9 Å². The Morgan fingerprint density at radius 2 is 1.04 bits per heavy atom. The lowest BCUT2D eigenvalue weighted by Gasteiger charge is -2.41. The van der Waals surface area contributed by atoms with Gasteiger partial charge in [0.1, 0.15) is 23.3 Å². The van der Waals surface area contributed by atoms with E-state index in [2.05, 4.69) is 28.1 Å². The van der Waals surface area contributed by atoms with Gasteiger partial charge in [0.05, 0.1) is 27.0 Å². The summed E-state index contributed by atoms with van der Waals surface area (Å²) >= 11 is 12.7. The first-order valence-corrected chi connectivity index (χ1v) is 23.3. The Morgan fingerprint density at radius 3 is 1.49 bits per heavy atom. The number of alkyl carbamates (subject to hydrolysis) is 1. The molecule has 3 aliphatic rings. The van der Waals surface area contributed by atoms with Crippen molar-refractivity contribution >= 4 is 64.7 Å². The molecule has 2 fully saturated rings. The fourth-order valence-corrected chi connectivity index (χ4v) is 8.60. The number of hydrogen-bond donors (Lipinski definition) is 4. The molecule has 16 heteroatoms. The molecular weight excluding hydrogens is 896 g/mol. The second-order valence-electron chi connectivity index (χ2n) is 19.4. The minimum atomic E-state index is -1.33. The first-order valence-electron chi connectivity index (χ1n) is 22.5. The van der Waals surface area contributed by atoms with E-state index in [0.717, 1.165) is 33.4 Å². The number of fused-ring (bicyclic) bond motifs is 3. The maximum atomic E-state index is 13.8. The average molecular weight is 958 g/mol. The molecule has 4 aromatic rings. The molecule has 0 saturated carbocycles. The first kappa shape index (κ1) is 50.6. The molecule has 0 aromatic heterocycles. The van der Waals surface area contributed by atoms with Crippen molar-refractivity contribution in [1.29, 1.82) is 0 Å². The molecule has 358 valence electrons. The minimum Gasteiger partial charge on any atom is -0.449 e. The summed E-state index contributed by atoms with van der Waals surface area (Å²) in [7, 11) is 0. The van der Waals surface area contributed by atoms with Crippen LogP contribution >= 0.6 is 23.2 Å². The quantitative estimate of drug-likeness (QED) is 0.131. The number of piperidine rings is 2. The topological polar surface area (TPSA) is 182 Å². The Kier molecular flexibility index (Phi) is 15.5. The number of nitrogens with one attached hydrogen (secondary N) is 3. The molecule has 5 amide bonds. The summed E-state index contributed by atoms with van der Waals surface area (Å²) in [4.78, 5) is 67.7. The number of anilines is 2. The van der Waals surface area contributed by atoms with E-state index < -0.39 is 40.4 Å². The van der Waals surface area contributed by atoms with Crippen LogP contribution < -0.4 is 21.7 Å². The lowest BCUT2D eigenvalue weighted by Crippen LogP contribution is -2.62. The highest BCUT2D eigenvalue weighted by atomic mass is 35.5. The van der Waals surface area contributed by atoms with E-state index in [1.807, 2.05) is 89.2 Å². The maximum absolute atomic E-state index is 13.8. The molecule has 2 saturated heterocycles. The molecule has 2 aliphatic heterocycles. The van der Waals surface area contributed by atoms with Crippen molar-refractivity contribution in [2.45, 2.75) is 109 Å². The van der Waals surface area contributed by atoms with Crippen molar-refractivity contribution in [3.8, 4) is 11.1 Å². The second-order valence-corrected chi connectivity index (χ2v) is 20.2. The van der Waals surface area contributed by atoms with Crippen molar-refractivity contribution in [2.75, 3.05) is 43.4 Å². The normalized spacial score (nSPS) is 16.3. The summed E-state index contributed by atoms with van der Waals surface area (Å²) in [5.74, 6) is -0.829. The van der Waals surface area contributed by atoms with Crippen molar-refractivity contribution < 1.29 is 38.2 Å². The van der Waals surface area contributed by atoms with Gasteiger partial charge in [-0.3, -0.25) is 9.59 Å². The van der Waals surface area contributed by atoms with E-state index in [9.17, 15) is 24.0 Å². The van der Waals surface area contributed by atoms with Crippen molar-refractivity contribution in [3.63, 3.8) is 0 Å². The van der Waals surface area contributed by atoms with Gasteiger partial charge in [0.15, 0.2) is 0 Å². The van der Waals surface area contributed by atoms with Gasteiger partial charge in [-0.25, -0.2) is 14.4 Å². The lowest BCUT2D eigenvalue weighted by atomic mass is 9.86. The van der Waals surface area contributed by atoms with E-state index in [-0.39, 0.29) is 50.5 Å². The number of carbonyl (C=O) groups excluding carboxylic acids is 5. The van der Waals surface area contributed by atoms with Crippen LogP contribution in [0, 0.1) is 13.8 Å². The summed E-state index contributed by atoms with van der Waals surface area (Å²) in [6, 6.07) is 27.0. The highest BCUT2D eigenvalue weighted by Gasteiger charge is 2.45. The van der Waals surface area contributed by atoms with Gasteiger partial charge in [0.2, 0.25) is 11.8 Å². The zero-order valence-corrected chi connectivity index (χ0v) is 41.0. The molecule has 0 atom stereocenters. The summed E-state index contributed by atoms with van der Waals surface area (Å²) < 4.78 is 16.7. The van der Waals surface area contributed by atoms with E-state index in [0.29, 0.717) is 47.4 Å². The van der Waals surface area contributed by atoms with E-state index in [1.165, 1.54) is 0 Å². The molecule has 67 heavy (non-hydrogen) atoms. The van der Waals surface area contributed by atoms with Crippen molar-refractivity contribution in [1.82, 2.24) is 15.1 Å². The van der Waals surface area contributed by atoms with Gasteiger partial charge in [-0.05, 0) is 127 Å². The Hall–Kier alpha value is -5.83. The van der Waals surface area contributed by atoms with E-state index in [4.69, 9.17) is 43.1 Å². The molecule has 0 bridgehead atoms. The minimum absolute atomic E-state index is 0.116. The fourth-order valence-electron chi connectivity index (χ4n) is 8.25. The van der Waals surface area contributed by atoms with Crippen LogP contribution in [0.1, 0.15) is 95.4 Å². The van der Waals surface area contributed by atoms with Crippen LogP contribution in [0.25, 0.3) is 11.1 Å². The monoisotopic (exact) mass is 956 g/mol. The first-order chi connectivity index (χ1) is 31.5. The number of rotatable bonds is 7. The van der Waals surface area contributed by atoms with Crippen LogP contribution in [-0.2, 0) is 23.8 Å². The van der Waals surface area contributed by atoms with Crippen LogP contribution in [-0.4, -0.2) is 95.0 Å². The molecule has 7 rings (SSSR count). The Balaban J connectivity index is 0.000000253. The third-order valence-electron chi connectivity index (χ3n) is 12.0. The summed E-state index contributed by atoms with van der Waals surface area (Å²) in [6.07, 6.45) is -0.468. The van der Waals surface area contributed by atoms with Crippen LogP contribution in [0.2, 0.25) is 10.0 Å². The van der Waals surface area contributed by atoms with Gasteiger partial charge in [-0.1, -0.05) is 96.0 Å². The van der Waals surface area contributed by atoms with Gasteiger partial charge in [0.25, 0.3) is 0 Å². The summed E-state index contributed by atoms with van der Waals surface area (Å²) in [5, 5.41) is 9.51. The van der Waals surface area contributed by atoms with Gasteiger partial charge < -0.3 is 45.7 Å². The third kappa shape index (κ3) is 12.4. The number of nitrogens with zero attached hydrogens (tertiary/aromatic N) is 2. The lowest BCUT2D eigenvalue weighted by molar-refractivity contribution is -0.124. The van der Waals surface area contributed by atoms with Crippen molar-refractivity contribution in [3.05, 3.63) is 117 Å². The van der Waals surface area contributed by atoms with Crippen LogP contribution in [0.3, 0.4) is 0 Å². The molecular formula is C51H62Cl2N6O8. The van der Waals surface area contributed by atoms with Crippen LogP contribution in [0.5, 0.6) is 0 Å². The van der Waals surface area contributed by atoms with Gasteiger partial charge >= 0.3 is 18.3 Å². The third-order valence-corrected chi connectivity index (χ3v) is 13.0. The number of carbonyl (C=O) groups is 5. The number of amides is 5. The predicted octanol–water partition coefficient (Wildman–Crippen LogP) is 10.2. The molecule has 4 aromatic carbocycles. The van der Waals surface area contributed by atoms with Crippen molar-refractivity contribution in [2.24, 2.45) is 5.73 Å². The van der Waals surface area contributed by atoms with Gasteiger partial charge in [-0.2, -0.15) is 0 Å². The molecule has 2 heterocycles. The molecule has 0 spiro atoms. The zero-order valence-electron chi connectivity index (χ0n) is 39.5. The fraction of sp³-hybridized carbons (Fsp3) is 0.431. The smallest absolute Gasteiger partial charge is 0.410 e. The number of benzene rings is 4. The SMILES string of the molecule is Cc1cccc(NC(=O)C2(N)CCN(C(=O)OC(C)(C)C)CC2)c1Cl.Cc1cccc(NC(=O)C2(NC(=O)OCC3c4ccccc4-c4ccccc43)CCN(C(=O)OC(C)(C)C)CC2)c1Cl. The molecule has 0 radical (unpaired) electrons. The summed E-state index contributed by atoms with van der Waals surface area (Å²) in [5.41, 5.74) is 9.87. The maximum Gasteiger partial charge on any atom is 0.410 e. The van der Waals surface area contributed by atoms with E-state index >= 15 is 0 Å². The largest absolute Gasteiger partial charge is 0.449 e. The molecule has 14 nitrogen and oxygen atoms in total. The highest BCUT2D eigenvalue weighted by Crippen LogP contribution is 2.44. The number of ether oxygens (including phenoxy) is 3. The standard InChI is InChI=1S/C33H36ClN3O5.C18H26ClN3O3/c1-21-10-9-15-27(28(21)34)35-29(38)33(16-18-37(19-17-33)31(40)42-32(2,3)4)36-30(39)41-20-26-24-13-7-5-11-22(24)23-12-6-8-14-25(23)26;1-12-6-5-7-13(14(12)19)21-15(23)18(20)8-10-22(11-9-18)16(24)25-17(2,3)4/h5-15,26H,16-20H2,1-4H3,(H,35,38)(H,36,39);5-7H,8-11,20H2,1-4H3,(H,21,23). The predicted molar refractivity (Wildman–Crippen MR) is 262 cm³/mol. The Morgan fingerprint density at radius 1 is 0.627 bits per heavy atom. The van der Waals surface area contributed by atoms with Gasteiger partial charge in [0, 0.05) is 32.1 Å².